The summed E-state index contributed by atoms with van der Waals surface area (Å²) in [6.45, 7) is 2.73. The summed E-state index contributed by atoms with van der Waals surface area (Å²) in [6, 6.07) is 2.56. The number of benzene rings is 1. The Morgan fingerprint density at radius 3 is 3.05 bits per heavy atom. The van der Waals surface area contributed by atoms with Gasteiger partial charge in [-0.05, 0) is 49.9 Å². The molecule has 2 aromatic rings. The molecule has 0 spiro atoms. The molecular weight excluding hydrogens is 309 g/mol. The average Bonchev–Trinajstić information content (AvgIpc) is 3.01. The van der Waals surface area contributed by atoms with Crippen molar-refractivity contribution in [1.29, 1.82) is 0 Å². The summed E-state index contributed by atoms with van der Waals surface area (Å²) in [5.41, 5.74) is 1.33. The second kappa shape index (κ2) is 5.46. The molecule has 7 heteroatoms. The molecule has 1 amide bonds. The van der Waals surface area contributed by atoms with Crippen molar-refractivity contribution >= 4 is 40.9 Å². The number of H-pyrrole nitrogens is 2. The number of hydrogen-bond acceptors (Lipinski definition) is 3. The van der Waals surface area contributed by atoms with Crippen LogP contribution in [0.5, 0.6) is 0 Å². The predicted octanol–water partition coefficient (Wildman–Crippen LogP) is 3.38. The lowest BCUT2D eigenvalue weighted by Gasteiger charge is -2.22. The van der Waals surface area contributed by atoms with E-state index in [1.807, 2.05) is 11.8 Å². The van der Waals surface area contributed by atoms with Crippen molar-refractivity contribution in [1.82, 2.24) is 15.3 Å². The van der Waals surface area contributed by atoms with Crippen LogP contribution in [0.2, 0.25) is 0 Å². The Hall–Kier alpha value is -1.34. The first-order valence-electron chi connectivity index (χ1n) is 6.81. The summed E-state index contributed by atoms with van der Waals surface area (Å²) >= 11 is 6.88. The Morgan fingerprint density at radius 2 is 2.33 bits per heavy atom. The number of imidazole rings is 1. The molecule has 0 bridgehead atoms. The van der Waals surface area contributed by atoms with E-state index in [1.54, 1.807) is 0 Å². The largest absolute Gasteiger partial charge is 0.351 e. The fraction of sp³-hybridized carbons (Fsp3) is 0.429. The first-order valence-corrected chi connectivity index (χ1v) is 8.20. The number of nitrogens with one attached hydrogen (secondary N) is 3. The Balaban J connectivity index is 1.85. The quantitative estimate of drug-likeness (QED) is 0.758. The predicted molar refractivity (Wildman–Crippen MR) is 85.9 cm³/mol. The highest BCUT2D eigenvalue weighted by Crippen LogP contribution is 2.37. The molecule has 1 saturated heterocycles. The van der Waals surface area contributed by atoms with Crippen LogP contribution in [-0.2, 0) is 0 Å². The molecule has 21 heavy (non-hydrogen) atoms. The number of fused-ring (bicyclic) bond motifs is 1. The molecule has 1 atom stereocenters. The average molecular weight is 325 g/mol. The zero-order valence-corrected chi connectivity index (χ0v) is 13.2. The van der Waals surface area contributed by atoms with Gasteiger partial charge in [0.15, 0.2) is 4.77 Å². The molecule has 1 aromatic carbocycles. The van der Waals surface area contributed by atoms with Crippen LogP contribution in [0, 0.1) is 10.6 Å². The van der Waals surface area contributed by atoms with Gasteiger partial charge in [0, 0.05) is 11.3 Å². The van der Waals surface area contributed by atoms with Crippen molar-refractivity contribution in [2.75, 3.05) is 12.3 Å². The number of carbonyl (C=O) groups is 1. The lowest BCUT2D eigenvalue weighted by molar-refractivity contribution is 0.0951. The van der Waals surface area contributed by atoms with E-state index in [4.69, 9.17) is 12.2 Å². The maximum Gasteiger partial charge on any atom is 0.253 e. The molecule has 3 N–H and O–H groups in total. The highest BCUT2D eigenvalue weighted by atomic mass is 32.2. The Labute approximate surface area is 130 Å². The van der Waals surface area contributed by atoms with Gasteiger partial charge in [-0.25, -0.2) is 4.39 Å². The minimum atomic E-state index is -0.459. The molecule has 1 fully saturated rings. The summed E-state index contributed by atoms with van der Waals surface area (Å²) in [5.74, 6) is 0.388. The fourth-order valence-corrected chi connectivity index (χ4v) is 4.08. The first-order chi connectivity index (χ1) is 9.97. The van der Waals surface area contributed by atoms with Crippen molar-refractivity contribution in [3.05, 3.63) is 28.3 Å². The SMILES string of the molecule is C[C@]1(CNC(=O)c2cc(F)cc3[nH]c(=S)[nH]c23)CCCS1. The van der Waals surface area contributed by atoms with E-state index in [0.717, 1.165) is 12.2 Å². The Bertz CT molecular complexity index is 746. The molecule has 0 radical (unpaired) electrons. The highest BCUT2D eigenvalue weighted by molar-refractivity contribution is 8.00. The molecule has 1 aromatic heterocycles. The smallest absolute Gasteiger partial charge is 0.253 e. The van der Waals surface area contributed by atoms with Crippen molar-refractivity contribution in [2.45, 2.75) is 24.5 Å². The zero-order chi connectivity index (χ0) is 15.0. The van der Waals surface area contributed by atoms with Crippen LogP contribution in [0.25, 0.3) is 11.0 Å². The van der Waals surface area contributed by atoms with Crippen LogP contribution >= 0.6 is 24.0 Å². The van der Waals surface area contributed by atoms with Gasteiger partial charge < -0.3 is 15.3 Å². The van der Waals surface area contributed by atoms with E-state index in [1.165, 1.54) is 18.6 Å². The van der Waals surface area contributed by atoms with Crippen LogP contribution in [0.4, 0.5) is 4.39 Å². The van der Waals surface area contributed by atoms with Crippen molar-refractivity contribution in [2.24, 2.45) is 0 Å². The second-order valence-corrected chi connectivity index (χ2v) is 7.63. The zero-order valence-electron chi connectivity index (χ0n) is 11.6. The van der Waals surface area contributed by atoms with Gasteiger partial charge in [-0.2, -0.15) is 11.8 Å². The summed E-state index contributed by atoms with van der Waals surface area (Å²) in [7, 11) is 0. The van der Waals surface area contributed by atoms with Gasteiger partial charge >= 0.3 is 0 Å². The van der Waals surface area contributed by atoms with Gasteiger partial charge in [-0.3, -0.25) is 4.79 Å². The van der Waals surface area contributed by atoms with Crippen molar-refractivity contribution in [3.8, 4) is 0 Å². The maximum absolute atomic E-state index is 13.6. The first kappa shape index (κ1) is 14.6. The standard InChI is InChI=1S/C14H16FN3OS2/c1-14(3-2-4-21-14)7-16-12(19)9-5-8(15)6-10-11(9)18-13(20)17-10/h5-6H,2-4,7H2,1H3,(H,16,19)(H2,17,18,20)/t14-/m1/s1. The van der Waals surface area contributed by atoms with Crippen LogP contribution in [-0.4, -0.2) is 32.9 Å². The molecule has 3 rings (SSSR count). The number of carbonyl (C=O) groups excluding carboxylic acids is 1. The van der Waals surface area contributed by atoms with Gasteiger partial charge in [-0.1, -0.05) is 0 Å². The van der Waals surface area contributed by atoms with Gasteiger partial charge in [-0.15, -0.1) is 0 Å². The number of aromatic amines is 2. The van der Waals surface area contributed by atoms with Gasteiger partial charge in [0.1, 0.15) is 5.82 Å². The molecule has 0 saturated carbocycles. The van der Waals surface area contributed by atoms with Gasteiger partial charge in [0.2, 0.25) is 0 Å². The van der Waals surface area contributed by atoms with E-state index in [9.17, 15) is 9.18 Å². The third-order valence-electron chi connectivity index (χ3n) is 3.76. The molecule has 112 valence electrons. The van der Waals surface area contributed by atoms with Crippen molar-refractivity contribution in [3.63, 3.8) is 0 Å². The van der Waals surface area contributed by atoms with Crippen LogP contribution in [0.15, 0.2) is 12.1 Å². The molecule has 0 unspecified atom stereocenters. The van der Waals surface area contributed by atoms with Crippen LogP contribution < -0.4 is 5.32 Å². The number of aromatic nitrogens is 2. The minimum absolute atomic E-state index is 0.0765. The third-order valence-corrected chi connectivity index (χ3v) is 5.50. The monoisotopic (exact) mass is 325 g/mol. The maximum atomic E-state index is 13.6. The Kier molecular flexibility index (Phi) is 3.79. The molecule has 2 heterocycles. The number of rotatable bonds is 3. The van der Waals surface area contributed by atoms with E-state index < -0.39 is 5.82 Å². The number of hydrogen-bond donors (Lipinski definition) is 3. The number of thioether (sulfide) groups is 1. The molecular formula is C14H16FN3OS2. The Morgan fingerprint density at radius 1 is 1.52 bits per heavy atom. The molecule has 0 aliphatic carbocycles. The van der Waals surface area contributed by atoms with Gasteiger partial charge in [0.25, 0.3) is 5.91 Å². The number of amides is 1. The summed E-state index contributed by atoms with van der Waals surface area (Å²) in [4.78, 5) is 18.1. The normalized spacial score (nSPS) is 21.8. The third kappa shape index (κ3) is 2.98. The summed E-state index contributed by atoms with van der Waals surface area (Å²) in [6.07, 6.45) is 2.26. The lowest BCUT2D eigenvalue weighted by Crippen LogP contribution is -2.36. The van der Waals surface area contributed by atoms with Crippen molar-refractivity contribution < 1.29 is 9.18 Å². The topological polar surface area (TPSA) is 60.7 Å². The van der Waals surface area contributed by atoms with E-state index in [-0.39, 0.29) is 16.2 Å². The minimum Gasteiger partial charge on any atom is -0.351 e. The lowest BCUT2D eigenvalue weighted by atomic mass is 10.1. The highest BCUT2D eigenvalue weighted by Gasteiger charge is 2.30. The fourth-order valence-electron chi connectivity index (χ4n) is 2.63. The van der Waals surface area contributed by atoms with E-state index in [2.05, 4.69) is 22.2 Å². The second-order valence-electron chi connectivity index (χ2n) is 5.54. The van der Waals surface area contributed by atoms with Crippen LogP contribution in [0.3, 0.4) is 0 Å². The van der Waals surface area contributed by atoms with Crippen LogP contribution in [0.1, 0.15) is 30.1 Å². The molecule has 1 aliphatic heterocycles. The van der Waals surface area contributed by atoms with E-state index in [0.29, 0.717) is 22.3 Å². The van der Waals surface area contributed by atoms with Gasteiger partial charge in [0.05, 0.1) is 16.6 Å². The number of halogens is 1. The molecule has 4 nitrogen and oxygen atoms in total. The summed E-state index contributed by atoms with van der Waals surface area (Å²) < 4.78 is 14.1. The van der Waals surface area contributed by atoms with E-state index >= 15 is 0 Å². The summed E-state index contributed by atoms with van der Waals surface area (Å²) in [5, 5.41) is 2.92. The molecule has 1 aliphatic rings.